The van der Waals surface area contributed by atoms with Crippen molar-refractivity contribution in [1.29, 1.82) is 5.41 Å². The number of benzene rings is 2. The summed E-state index contributed by atoms with van der Waals surface area (Å²) < 4.78 is 0. The van der Waals surface area contributed by atoms with Crippen LogP contribution in [0.15, 0.2) is 54.6 Å². The van der Waals surface area contributed by atoms with Crippen LogP contribution in [0, 0.1) is 5.41 Å². The number of amidine groups is 1. The fraction of sp³-hybridized carbons (Fsp3) is 0.125. The summed E-state index contributed by atoms with van der Waals surface area (Å²) in [6.07, 6.45) is 0. The zero-order valence-electron chi connectivity index (χ0n) is 11.8. The molecular formula is C16H18N4O. The van der Waals surface area contributed by atoms with Crippen molar-refractivity contribution >= 4 is 17.6 Å². The first-order chi connectivity index (χ1) is 10.1. The Morgan fingerprint density at radius 2 is 1.76 bits per heavy atom. The smallest absolute Gasteiger partial charge is 0.321 e. The van der Waals surface area contributed by atoms with E-state index >= 15 is 0 Å². The highest BCUT2D eigenvalue weighted by atomic mass is 16.2. The summed E-state index contributed by atoms with van der Waals surface area (Å²) >= 11 is 0. The number of carbonyl (C=O) groups excluding carboxylic acids is 1. The van der Waals surface area contributed by atoms with Crippen molar-refractivity contribution in [2.45, 2.75) is 6.54 Å². The normalized spacial score (nSPS) is 9.95. The number of nitrogen functional groups attached to an aromatic ring is 1. The molecular weight excluding hydrogens is 264 g/mol. The SMILES string of the molecule is CN(C(=O)NCc1ccccc1)c1ccccc1C(=N)N. The molecule has 0 aromatic heterocycles. The predicted molar refractivity (Wildman–Crippen MR) is 84.5 cm³/mol. The predicted octanol–water partition coefficient (Wildman–Crippen LogP) is 2.32. The van der Waals surface area contributed by atoms with E-state index in [1.54, 1.807) is 25.2 Å². The topological polar surface area (TPSA) is 82.2 Å². The third-order valence-corrected chi connectivity index (χ3v) is 3.15. The number of nitrogens with one attached hydrogen (secondary N) is 2. The largest absolute Gasteiger partial charge is 0.384 e. The van der Waals surface area contributed by atoms with Gasteiger partial charge in [0.1, 0.15) is 5.84 Å². The Balaban J connectivity index is 2.08. The number of rotatable bonds is 4. The van der Waals surface area contributed by atoms with Crippen molar-refractivity contribution in [2.24, 2.45) is 5.73 Å². The fourth-order valence-electron chi connectivity index (χ4n) is 2.00. The van der Waals surface area contributed by atoms with Crippen LogP contribution in [0.2, 0.25) is 0 Å². The second-order valence-electron chi connectivity index (χ2n) is 4.63. The maximum Gasteiger partial charge on any atom is 0.321 e. The zero-order valence-corrected chi connectivity index (χ0v) is 11.8. The third kappa shape index (κ3) is 3.60. The number of nitrogens with two attached hydrogens (primary N) is 1. The summed E-state index contributed by atoms with van der Waals surface area (Å²) in [6.45, 7) is 0.451. The monoisotopic (exact) mass is 282 g/mol. The van der Waals surface area contributed by atoms with E-state index in [-0.39, 0.29) is 11.9 Å². The van der Waals surface area contributed by atoms with Crippen molar-refractivity contribution in [3.8, 4) is 0 Å². The molecule has 5 nitrogen and oxygen atoms in total. The average molecular weight is 282 g/mol. The molecule has 0 aliphatic heterocycles. The molecule has 0 atom stereocenters. The molecule has 4 N–H and O–H groups in total. The number of amides is 2. The van der Waals surface area contributed by atoms with E-state index < -0.39 is 0 Å². The molecule has 0 unspecified atom stereocenters. The maximum atomic E-state index is 12.2. The van der Waals surface area contributed by atoms with Gasteiger partial charge in [-0.25, -0.2) is 4.79 Å². The van der Waals surface area contributed by atoms with Crippen LogP contribution >= 0.6 is 0 Å². The van der Waals surface area contributed by atoms with Crippen molar-refractivity contribution in [1.82, 2.24) is 5.32 Å². The molecule has 2 aromatic rings. The molecule has 5 heteroatoms. The summed E-state index contributed by atoms with van der Waals surface area (Å²) in [5.41, 5.74) is 7.71. The molecule has 0 heterocycles. The van der Waals surface area contributed by atoms with E-state index in [2.05, 4.69) is 5.32 Å². The van der Waals surface area contributed by atoms with E-state index in [4.69, 9.17) is 11.1 Å². The van der Waals surface area contributed by atoms with Gasteiger partial charge in [0.15, 0.2) is 0 Å². The Kier molecular flexibility index (Phi) is 4.56. The van der Waals surface area contributed by atoms with Crippen LogP contribution in [0.4, 0.5) is 10.5 Å². The van der Waals surface area contributed by atoms with Crippen molar-refractivity contribution in [3.05, 3.63) is 65.7 Å². The standard InChI is InChI=1S/C16H18N4O/c1-20(14-10-6-5-9-13(14)15(17)18)16(21)19-11-12-7-3-2-4-8-12/h2-10H,11H2,1H3,(H3,17,18)(H,19,21). The molecule has 0 saturated carbocycles. The van der Waals surface area contributed by atoms with Gasteiger partial charge in [0.2, 0.25) is 0 Å². The van der Waals surface area contributed by atoms with Gasteiger partial charge < -0.3 is 11.1 Å². The molecule has 2 amide bonds. The van der Waals surface area contributed by atoms with E-state index in [1.807, 2.05) is 36.4 Å². The molecule has 0 radical (unpaired) electrons. The van der Waals surface area contributed by atoms with Gasteiger partial charge in [0.05, 0.1) is 5.69 Å². The Labute approximate surface area is 123 Å². The van der Waals surface area contributed by atoms with Gasteiger partial charge in [0, 0.05) is 19.2 Å². The summed E-state index contributed by atoms with van der Waals surface area (Å²) in [6, 6.07) is 16.5. The Morgan fingerprint density at radius 3 is 2.43 bits per heavy atom. The average Bonchev–Trinajstić information content (AvgIpc) is 2.52. The number of para-hydroxylation sites is 1. The minimum Gasteiger partial charge on any atom is -0.384 e. The number of carbonyl (C=O) groups is 1. The number of nitrogens with zero attached hydrogens (tertiary/aromatic N) is 1. The summed E-state index contributed by atoms with van der Waals surface area (Å²) in [5.74, 6) is -0.0618. The van der Waals surface area contributed by atoms with Gasteiger partial charge >= 0.3 is 6.03 Å². The van der Waals surface area contributed by atoms with Crippen LogP contribution in [-0.2, 0) is 6.54 Å². The number of hydrogen-bond donors (Lipinski definition) is 3. The summed E-state index contributed by atoms with van der Waals surface area (Å²) in [5, 5.41) is 10.4. The molecule has 0 aliphatic carbocycles. The van der Waals surface area contributed by atoms with Gasteiger partial charge in [0.25, 0.3) is 0 Å². The highest BCUT2D eigenvalue weighted by Gasteiger charge is 2.14. The second kappa shape index (κ2) is 6.56. The minimum absolute atomic E-state index is 0.0618. The lowest BCUT2D eigenvalue weighted by atomic mass is 10.1. The van der Waals surface area contributed by atoms with Crippen molar-refractivity contribution < 1.29 is 4.79 Å². The highest BCUT2D eigenvalue weighted by Crippen LogP contribution is 2.18. The van der Waals surface area contributed by atoms with Gasteiger partial charge in [-0.1, -0.05) is 42.5 Å². The quantitative estimate of drug-likeness (QED) is 0.594. The van der Waals surface area contributed by atoms with E-state index in [1.165, 1.54) is 4.90 Å². The lowest BCUT2D eigenvalue weighted by Crippen LogP contribution is -2.37. The van der Waals surface area contributed by atoms with E-state index in [0.29, 0.717) is 17.8 Å². The molecule has 2 rings (SSSR count). The first-order valence-corrected chi connectivity index (χ1v) is 6.58. The summed E-state index contributed by atoms with van der Waals surface area (Å²) in [7, 11) is 1.65. The zero-order chi connectivity index (χ0) is 15.2. The fourth-order valence-corrected chi connectivity index (χ4v) is 2.00. The Morgan fingerprint density at radius 1 is 1.14 bits per heavy atom. The molecule has 0 spiro atoms. The van der Waals surface area contributed by atoms with Gasteiger partial charge in [-0.15, -0.1) is 0 Å². The lowest BCUT2D eigenvalue weighted by Gasteiger charge is -2.20. The van der Waals surface area contributed by atoms with Crippen LogP contribution < -0.4 is 16.0 Å². The van der Waals surface area contributed by atoms with Crippen LogP contribution in [0.25, 0.3) is 0 Å². The number of hydrogen-bond acceptors (Lipinski definition) is 2. The Hall–Kier alpha value is -2.82. The number of anilines is 1. The van der Waals surface area contributed by atoms with Gasteiger partial charge in [-0.3, -0.25) is 10.3 Å². The third-order valence-electron chi connectivity index (χ3n) is 3.15. The molecule has 2 aromatic carbocycles. The van der Waals surface area contributed by atoms with Crippen molar-refractivity contribution in [3.63, 3.8) is 0 Å². The molecule has 0 bridgehead atoms. The molecule has 21 heavy (non-hydrogen) atoms. The van der Waals surface area contributed by atoms with Crippen molar-refractivity contribution in [2.75, 3.05) is 11.9 Å². The lowest BCUT2D eigenvalue weighted by molar-refractivity contribution is 0.247. The first-order valence-electron chi connectivity index (χ1n) is 6.58. The van der Waals surface area contributed by atoms with E-state index in [0.717, 1.165) is 5.56 Å². The van der Waals surface area contributed by atoms with Crippen LogP contribution in [-0.4, -0.2) is 18.9 Å². The number of urea groups is 1. The highest BCUT2D eigenvalue weighted by molar-refractivity contribution is 6.04. The first kappa shape index (κ1) is 14.6. The maximum absolute atomic E-state index is 12.2. The van der Waals surface area contributed by atoms with E-state index in [9.17, 15) is 4.79 Å². The van der Waals surface area contributed by atoms with Crippen LogP contribution in [0.5, 0.6) is 0 Å². The van der Waals surface area contributed by atoms with Crippen LogP contribution in [0.1, 0.15) is 11.1 Å². The minimum atomic E-state index is -0.243. The molecule has 0 fully saturated rings. The second-order valence-corrected chi connectivity index (χ2v) is 4.63. The van der Waals surface area contributed by atoms with Gasteiger partial charge in [-0.05, 0) is 17.7 Å². The summed E-state index contributed by atoms with van der Waals surface area (Å²) in [4.78, 5) is 13.7. The molecule has 0 aliphatic rings. The van der Waals surface area contributed by atoms with Crippen LogP contribution in [0.3, 0.4) is 0 Å². The molecule has 0 saturated heterocycles. The Bertz CT molecular complexity index is 640. The molecule has 108 valence electrons. The van der Waals surface area contributed by atoms with Gasteiger partial charge in [-0.2, -0.15) is 0 Å².